The highest BCUT2D eigenvalue weighted by atomic mass is 32.1. The van der Waals surface area contributed by atoms with Gasteiger partial charge in [0.2, 0.25) is 0 Å². The molecule has 0 saturated heterocycles. The molecule has 418 valence electrons. The third-order valence-electron chi connectivity index (χ3n) is 12.1. The van der Waals surface area contributed by atoms with Gasteiger partial charge in [0.1, 0.15) is 28.8 Å². The average molecular weight is 1100 g/mol. The lowest BCUT2D eigenvalue weighted by atomic mass is 10.2. The number of rotatable bonds is 0. The van der Waals surface area contributed by atoms with E-state index in [-0.39, 0.29) is 0 Å². The number of furan rings is 5. The highest BCUT2D eigenvalue weighted by Gasteiger charge is 1.93. The molecule has 0 aromatic carbocycles. The van der Waals surface area contributed by atoms with E-state index in [9.17, 15) is 0 Å². The molecule has 0 amide bonds. The standard InChI is InChI=1S/3C6H9N.5C6H8O.3C6H8S/c1-5-3-7-4-6(5)2;2*1-5-3-4-7-6(5)2;1-5-3-7-4-6(5)2;1-5-3-6(2)7-4-5;2*1-5-3-4-7-6(5)2;1-5-3-4-6(2)7-5;1-5-3-7-4-6(5)2;2*1-5-3-4-7-6(5)2/h3*3-4,7H,1-2H3;8*3-4H,1-2H3. The fraction of sp³-hybridized carbons (Fsp3) is 0.333. The lowest BCUT2D eigenvalue weighted by molar-refractivity contribution is 0.504. The van der Waals surface area contributed by atoms with Gasteiger partial charge in [-0.15, -0.1) is 22.7 Å². The van der Waals surface area contributed by atoms with Gasteiger partial charge in [-0.3, -0.25) is 0 Å². The van der Waals surface area contributed by atoms with Crippen LogP contribution < -0.4 is 0 Å². The van der Waals surface area contributed by atoms with E-state index in [0.29, 0.717) is 0 Å². The SMILES string of the molecule is Cc1c[nH]cc1C.Cc1cc[nH]c1C.Cc1cc[nH]c1C.Cc1ccc(C)o1.Cc1ccoc1C.Cc1ccoc1C.Cc1ccsc1C.Cc1ccsc1C.Cc1coc(C)c1.Cc1cocc1C.Cc1cscc1C. The second kappa shape index (κ2) is 38.0. The number of H-pyrrole nitrogens is 3. The molecule has 0 bridgehead atoms. The molecule has 11 heteroatoms. The van der Waals surface area contributed by atoms with Crippen molar-refractivity contribution < 1.29 is 22.1 Å². The molecule has 0 radical (unpaired) electrons. The lowest BCUT2D eigenvalue weighted by Gasteiger charge is -1.81. The Bertz CT molecular complexity index is 2390. The van der Waals surface area contributed by atoms with Crippen LogP contribution >= 0.6 is 34.0 Å². The van der Waals surface area contributed by atoms with E-state index in [1.54, 1.807) is 65.3 Å². The third-order valence-corrected chi connectivity index (χ3v) is 15.0. The van der Waals surface area contributed by atoms with Gasteiger partial charge in [0.05, 0.1) is 31.3 Å². The Morgan fingerprint density at radius 1 is 0.364 bits per heavy atom. The molecule has 0 atom stereocenters. The Balaban J connectivity index is 0.000000423. The van der Waals surface area contributed by atoms with E-state index < -0.39 is 0 Å². The van der Waals surface area contributed by atoms with Gasteiger partial charge in [0, 0.05) is 45.9 Å². The zero-order valence-corrected chi connectivity index (χ0v) is 52.9. The van der Waals surface area contributed by atoms with Crippen LogP contribution in [0.3, 0.4) is 0 Å². The molecule has 0 spiro atoms. The molecular formula is C66H91N3O5S3. The van der Waals surface area contributed by atoms with Crippen LogP contribution in [0.5, 0.6) is 0 Å². The molecule has 11 aromatic heterocycles. The van der Waals surface area contributed by atoms with Crippen molar-refractivity contribution in [1.82, 2.24) is 15.0 Å². The normalized spacial score (nSPS) is 9.43. The molecule has 0 aliphatic carbocycles. The maximum atomic E-state index is 5.08. The van der Waals surface area contributed by atoms with Gasteiger partial charge in [-0.2, -0.15) is 11.3 Å². The van der Waals surface area contributed by atoms with E-state index in [2.05, 4.69) is 144 Å². The maximum Gasteiger partial charge on any atom is 0.103 e. The van der Waals surface area contributed by atoms with Crippen molar-refractivity contribution in [2.75, 3.05) is 0 Å². The summed E-state index contributed by atoms with van der Waals surface area (Å²) in [6.07, 6.45) is 16.5. The van der Waals surface area contributed by atoms with E-state index in [1.807, 2.05) is 124 Å². The number of hydrogen-bond acceptors (Lipinski definition) is 8. The first-order chi connectivity index (χ1) is 36.3. The third kappa shape index (κ3) is 30.6. The topological polar surface area (TPSA) is 113 Å². The summed E-state index contributed by atoms with van der Waals surface area (Å²) in [7, 11) is 0. The van der Waals surface area contributed by atoms with Crippen molar-refractivity contribution in [2.24, 2.45) is 0 Å². The number of hydrogen-bond donors (Lipinski definition) is 3. The predicted octanol–water partition coefficient (Wildman–Crippen LogP) is 21.5. The minimum absolute atomic E-state index is 0.984. The minimum Gasteiger partial charge on any atom is -0.472 e. The average Bonchev–Trinajstić information content (AvgIpc) is 4.26. The van der Waals surface area contributed by atoms with Crippen molar-refractivity contribution in [3.63, 3.8) is 0 Å². The number of aryl methyl sites for hydroxylation is 22. The van der Waals surface area contributed by atoms with Gasteiger partial charge < -0.3 is 37.0 Å². The molecule has 0 saturated carbocycles. The largest absolute Gasteiger partial charge is 0.472 e. The van der Waals surface area contributed by atoms with E-state index >= 15 is 0 Å². The minimum atomic E-state index is 0.984. The summed E-state index contributed by atoms with van der Waals surface area (Å²) in [6.45, 7) is 45.1. The summed E-state index contributed by atoms with van der Waals surface area (Å²) in [5.41, 5.74) is 19.6. The molecule has 0 fully saturated rings. The number of thiophene rings is 3. The van der Waals surface area contributed by atoms with E-state index in [0.717, 1.165) is 28.8 Å². The van der Waals surface area contributed by atoms with Gasteiger partial charge in [0.25, 0.3) is 0 Å². The Morgan fingerprint density at radius 2 is 0.779 bits per heavy atom. The summed E-state index contributed by atoms with van der Waals surface area (Å²) in [6, 6.07) is 18.2. The molecule has 77 heavy (non-hydrogen) atoms. The maximum absolute atomic E-state index is 5.08. The van der Waals surface area contributed by atoms with Gasteiger partial charge in [0.15, 0.2) is 0 Å². The monoisotopic (exact) mass is 1100 g/mol. The molecule has 11 heterocycles. The number of aromatic amines is 3. The van der Waals surface area contributed by atoms with Crippen molar-refractivity contribution in [2.45, 2.75) is 152 Å². The van der Waals surface area contributed by atoms with E-state index in [4.69, 9.17) is 22.1 Å². The van der Waals surface area contributed by atoms with Crippen LogP contribution in [0, 0.1) is 152 Å². The number of aromatic nitrogens is 3. The van der Waals surface area contributed by atoms with Crippen LogP contribution in [0.2, 0.25) is 0 Å². The Morgan fingerprint density at radius 3 is 0.883 bits per heavy atom. The van der Waals surface area contributed by atoms with Crippen LogP contribution in [0.4, 0.5) is 0 Å². The Hall–Kier alpha value is -6.66. The van der Waals surface area contributed by atoms with Crippen molar-refractivity contribution >= 4 is 34.0 Å². The predicted molar refractivity (Wildman–Crippen MR) is 333 cm³/mol. The molecule has 0 unspecified atom stereocenters. The first kappa shape index (κ1) is 68.4. The zero-order valence-electron chi connectivity index (χ0n) is 50.5. The molecule has 11 aromatic rings. The van der Waals surface area contributed by atoms with Crippen molar-refractivity contribution in [1.29, 1.82) is 0 Å². The van der Waals surface area contributed by atoms with Crippen LogP contribution in [0.15, 0.2) is 154 Å². The molecular weight excluding hydrogens is 1010 g/mol. The molecule has 0 aliphatic rings. The second-order valence-electron chi connectivity index (χ2n) is 18.9. The van der Waals surface area contributed by atoms with Gasteiger partial charge in [-0.05, 0) is 301 Å². The fourth-order valence-corrected chi connectivity index (χ4v) is 7.66. The molecule has 3 N–H and O–H groups in total. The summed E-state index contributed by atoms with van der Waals surface area (Å²) in [5, 5.41) is 8.56. The van der Waals surface area contributed by atoms with Crippen LogP contribution in [-0.2, 0) is 0 Å². The molecule has 0 aliphatic heterocycles. The van der Waals surface area contributed by atoms with Gasteiger partial charge >= 0.3 is 0 Å². The van der Waals surface area contributed by atoms with Crippen molar-refractivity contribution in [3.8, 4) is 0 Å². The van der Waals surface area contributed by atoms with E-state index in [1.165, 1.54) is 93.5 Å². The first-order valence-corrected chi connectivity index (χ1v) is 28.4. The summed E-state index contributed by atoms with van der Waals surface area (Å²) in [4.78, 5) is 12.0. The highest BCUT2D eigenvalue weighted by molar-refractivity contribution is 7.10. The number of nitrogens with one attached hydrogen (secondary N) is 3. The summed E-state index contributed by atoms with van der Waals surface area (Å²) >= 11 is 5.37. The Kier molecular flexibility index (Phi) is 33.7. The van der Waals surface area contributed by atoms with Crippen LogP contribution in [0.25, 0.3) is 0 Å². The quantitative estimate of drug-likeness (QED) is 0.140. The highest BCUT2D eigenvalue weighted by Crippen LogP contribution is 2.14. The zero-order chi connectivity index (χ0) is 58.0. The summed E-state index contributed by atoms with van der Waals surface area (Å²) < 4.78 is 24.8. The van der Waals surface area contributed by atoms with Crippen molar-refractivity contribution in [3.05, 3.63) is 254 Å². The molecule has 8 nitrogen and oxygen atoms in total. The van der Waals surface area contributed by atoms with Crippen LogP contribution in [0.1, 0.15) is 122 Å². The first-order valence-electron chi connectivity index (χ1n) is 25.7. The second-order valence-corrected chi connectivity index (χ2v) is 21.9. The fourth-order valence-electron chi connectivity index (χ4n) is 5.35. The van der Waals surface area contributed by atoms with Gasteiger partial charge in [-0.25, -0.2) is 0 Å². The summed E-state index contributed by atoms with van der Waals surface area (Å²) in [5.74, 6) is 4.98. The molecule has 11 rings (SSSR count). The Labute approximate surface area is 475 Å². The lowest BCUT2D eigenvalue weighted by Crippen LogP contribution is -1.69. The van der Waals surface area contributed by atoms with Crippen LogP contribution in [-0.4, -0.2) is 15.0 Å². The smallest absolute Gasteiger partial charge is 0.103 e. The van der Waals surface area contributed by atoms with Gasteiger partial charge in [-0.1, -0.05) is 0 Å².